The van der Waals surface area contributed by atoms with Crippen LogP contribution in [0.3, 0.4) is 0 Å². The topological polar surface area (TPSA) is 0 Å². The molecule has 4 heteroatoms. The second kappa shape index (κ2) is 18.2. The molecule has 0 saturated heterocycles. The monoisotopic (exact) mass is 298 g/mol. The van der Waals surface area contributed by atoms with Gasteiger partial charge in [-0.3, -0.25) is 0 Å². The second-order valence-corrected chi connectivity index (χ2v) is 0. The molecule has 0 aromatic heterocycles. The van der Waals surface area contributed by atoms with Crippen LogP contribution in [0.15, 0.2) is 0 Å². The van der Waals surface area contributed by atoms with Gasteiger partial charge >= 0.3 is 49.3 Å². The van der Waals surface area contributed by atoms with Gasteiger partial charge in [0, 0.05) is 0 Å². The van der Waals surface area contributed by atoms with Gasteiger partial charge in [0.1, 0.15) is 0 Å². The maximum Gasteiger partial charge on any atom is 2.00 e. The summed E-state index contributed by atoms with van der Waals surface area (Å²) >= 11 is 0. The minimum Gasteiger partial charge on any atom is -1.00 e. The van der Waals surface area contributed by atoms with Crippen molar-refractivity contribution in [1.82, 2.24) is 0 Å². The van der Waals surface area contributed by atoms with Crippen molar-refractivity contribution in [2.75, 3.05) is 0 Å². The molecule has 0 heterocycles. The van der Waals surface area contributed by atoms with Crippen molar-refractivity contribution < 1.29 is 2.85 Å². The summed E-state index contributed by atoms with van der Waals surface area (Å²) in [6.07, 6.45) is 0. The molecule has 0 aliphatic rings. The Morgan fingerprint density at radius 1 is 1.25 bits per heavy atom. The fraction of sp³-hybridized carbons (Fsp3) is 0. The molecule has 0 aromatic carbocycles. The molecule has 0 bridgehead atoms. The van der Waals surface area contributed by atoms with E-state index in [1.165, 1.54) is 0 Å². The summed E-state index contributed by atoms with van der Waals surface area (Å²) in [6.45, 7) is 0. The van der Waals surface area contributed by atoms with Crippen LogP contribution in [0.5, 0.6) is 0 Å². The van der Waals surface area contributed by atoms with Crippen LogP contribution in [-0.2, 0) is 0 Å². The van der Waals surface area contributed by atoms with Crippen molar-refractivity contribution in [2.45, 2.75) is 0 Å². The zero-order valence-electron chi connectivity index (χ0n) is 4.28. The SMILES string of the molecule is [AlH3].[BiH2].[H-].[H-].[Mg+2].[SiH3]. The maximum absolute atomic E-state index is 0. The first-order chi connectivity index (χ1) is 0. The number of hydrogen-bond acceptors (Lipinski definition) is 0. The molecule has 2 radical (unpaired) electrons. The van der Waals surface area contributed by atoms with Crippen LogP contribution >= 0.6 is 0 Å². The Balaban J connectivity index is 0. The van der Waals surface area contributed by atoms with Crippen molar-refractivity contribution in [2.24, 2.45) is 0 Å². The van der Waals surface area contributed by atoms with E-state index in [1.807, 2.05) is 0 Å². The van der Waals surface area contributed by atoms with Gasteiger partial charge in [0.25, 0.3) is 0 Å². The van der Waals surface area contributed by atoms with E-state index in [-0.39, 0.29) is 80.4 Å². The number of rotatable bonds is 0. The maximum atomic E-state index is 0. The molecule has 4 heavy (non-hydrogen) atoms. The van der Waals surface area contributed by atoms with E-state index in [4.69, 9.17) is 0 Å². The van der Waals surface area contributed by atoms with Gasteiger partial charge < -0.3 is 2.85 Å². The van der Waals surface area contributed by atoms with Crippen LogP contribution in [-0.4, -0.2) is 77.6 Å². The van der Waals surface area contributed by atoms with E-state index in [0.717, 1.165) is 0 Å². The van der Waals surface area contributed by atoms with Gasteiger partial charge in [-0.2, -0.15) is 0 Å². The number of hydrogen-bond donors (Lipinski definition) is 0. The van der Waals surface area contributed by atoms with Crippen LogP contribution in [0.25, 0.3) is 0 Å². The Kier molecular flexibility index (Phi) is 147. The molecule has 0 amide bonds. The summed E-state index contributed by atoms with van der Waals surface area (Å²) in [4.78, 5) is 0. The average Bonchev–Trinajstić information content (AvgIpc) is 0. The van der Waals surface area contributed by atoms with E-state index >= 15 is 0 Å². The summed E-state index contributed by atoms with van der Waals surface area (Å²) in [5.74, 6) is 0. The molecule has 0 atom stereocenters. The Morgan fingerprint density at radius 2 is 1.25 bits per heavy atom. The van der Waals surface area contributed by atoms with Crippen LogP contribution < -0.4 is 0 Å². The molecule has 0 nitrogen and oxygen atoms in total. The molecule has 0 aliphatic carbocycles. The predicted molar refractivity (Wildman–Crippen MR) is 36.4 cm³/mol. The predicted octanol–water partition coefficient (Wildman–Crippen LogP) is -3.44. The second-order valence-electron chi connectivity index (χ2n) is 0. The van der Waals surface area contributed by atoms with Crippen molar-refractivity contribution in [1.29, 1.82) is 0 Å². The van der Waals surface area contributed by atoms with Crippen molar-refractivity contribution in [3.8, 4) is 0 Å². The van der Waals surface area contributed by atoms with Crippen molar-refractivity contribution in [3.63, 3.8) is 0 Å². The smallest absolute Gasteiger partial charge is 1.00 e. The molecule has 24 valence electrons. The van der Waals surface area contributed by atoms with Gasteiger partial charge in [0.15, 0.2) is 17.4 Å². The van der Waals surface area contributed by atoms with E-state index in [2.05, 4.69) is 0 Å². The summed E-state index contributed by atoms with van der Waals surface area (Å²) in [5, 5.41) is 0. The van der Waals surface area contributed by atoms with E-state index in [9.17, 15) is 0 Å². The first-order valence-corrected chi connectivity index (χ1v) is 0. The van der Waals surface area contributed by atoms with Crippen LogP contribution in [0, 0.1) is 0 Å². The Labute approximate surface area is 79.5 Å². The van der Waals surface area contributed by atoms with Crippen LogP contribution in [0.4, 0.5) is 0 Å². The standard InChI is InChI=1S/Al.Bi.Mg.H3Si.7H/h;;;1H3;;;;;;;/q;;+2;;;;;;;2*-1. The normalized spacial score (nSPS) is 0. The summed E-state index contributed by atoms with van der Waals surface area (Å²) in [5.41, 5.74) is 0. The van der Waals surface area contributed by atoms with Gasteiger partial charge in [0.2, 0.25) is 0 Å². The van der Waals surface area contributed by atoms with Crippen molar-refractivity contribution in [3.05, 3.63) is 0 Å². The molecular weight excluding hydrogens is 288 g/mol. The molecule has 0 fully saturated rings. The molecule has 0 rings (SSSR count). The van der Waals surface area contributed by atoms with Gasteiger partial charge in [-0.1, -0.05) is 0 Å². The summed E-state index contributed by atoms with van der Waals surface area (Å²) < 4.78 is 0. The van der Waals surface area contributed by atoms with Gasteiger partial charge in [-0.15, -0.1) is 0 Å². The molecular formula is H10AlBiMgSi. The third kappa shape index (κ3) is 8.83. The quantitative estimate of drug-likeness (QED) is 0.408. The minimum absolute atomic E-state index is 0. The van der Waals surface area contributed by atoms with E-state index in [0.29, 0.717) is 0 Å². The molecule has 0 aliphatic heterocycles. The molecule has 0 aromatic rings. The minimum atomic E-state index is 0. The molecule has 0 N–H and O–H groups in total. The third-order valence-corrected chi connectivity index (χ3v) is 0. The largest absolute Gasteiger partial charge is 2.00 e. The molecule has 0 saturated carbocycles. The zero-order chi connectivity index (χ0) is 0. The molecule has 0 unspecified atom stereocenters. The van der Waals surface area contributed by atoms with Gasteiger partial charge in [0.05, 0.1) is 0 Å². The van der Waals surface area contributed by atoms with Crippen molar-refractivity contribution >= 4 is 77.6 Å². The van der Waals surface area contributed by atoms with E-state index < -0.39 is 0 Å². The van der Waals surface area contributed by atoms with Crippen LogP contribution in [0.1, 0.15) is 2.85 Å². The zero-order valence-corrected chi connectivity index (χ0v) is 10.2. The first-order valence-electron chi connectivity index (χ1n) is 0. The Hall–Kier alpha value is 2.40. The first kappa shape index (κ1) is 32.4. The average molecular weight is 298 g/mol. The van der Waals surface area contributed by atoms with E-state index in [1.54, 1.807) is 0 Å². The Morgan fingerprint density at radius 3 is 1.25 bits per heavy atom. The van der Waals surface area contributed by atoms with Gasteiger partial charge in [-0.05, 0) is 11.0 Å². The third-order valence-electron chi connectivity index (χ3n) is 0. The van der Waals surface area contributed by atoms with Gasteiger partial charge in [-0.25, -0.2) is 0 Å². The van der Waals surface area contributed by atoms with Crippen LogP contribution in [0.2, 0.25) is 0 Å². The Bertz CT molecular complexity index is 13.5. The summed E-state index contributed by atoms with van der Waals surface area (Å²) in [7, 11) is 0. The fourth-order valence-electron chi connectivity index (χ4n) is 0. The molecule has 0 spiro atoms. The fourth-order valence-corrected chi connectivity index (χ4v) is 0. The summed E-state index contributed by atoms with van der Waals surface area (Å²) in [6, 6.07) is 0.